The summed E-state index contributed by atoms with van der Waals surface area (Å²) < 4.78 is 19.1. The number of halogens is 1. The molecule has 1 unspecified atom stereocenters. The van der Waals surface area contributed by atoms with Crippen LogP contribution in [0.2, 0.25) is 0 Å². The van der Waals surface area contributed by atoms with Crippen molar-refractivity contribution in [1.29, 1.82) is 0 Å². The summed E-state index contributed by atoms with van der Waals surface area (Å²) in [6, 6.07) is 11.1. The van der Waals surface area contributed by atoms with E-state index in [1.165, 1.54) is 18.2 Å². The van der Waals surface area contributed by atoms with Gasteiger partial charge in [0, 0.05) is 57.7 Å². The van der Waals surface area contributed by atoms with Crippen molar-refractivity contribution in [3.05, 3.63) is 59.4 Å². The van der Waals surface area contributed by atoms with E-state index in [9.17, 15) is 14.0 Å². The molecule has 160 valence electrons. The maximum atomic E-state index is 13.4. The lowest BCUT2D eigenvalue weighted by Gasteiger charge is -2.27. The first kappa shape index (κ1) is 21.8. The van der Waals surface area contributed by atoms with Crippen LogP contribution in [0.4, 0.5) is 15.8 Å². The fraction of sp³-hybridized carbons (Fsp3) is 0.391. The summed E-state index contributed by atoms with van der Waals surface area (Å²) in [4.78, 5) is 28.5. The molecule has 2 amide bonds. The molecule has 0 radical (unpaired) electrons. The number of hydrogen-bond acceptors (Lipinski definition) is 4. The van der Waals surface area contributed by atoms with E-state index >= 15 is 0 Å². The zero-order valence-electron chi connectivity index (χ0n) is 17.7. The van der Waals surface area contributed by atoms with Gasteiger partial charge in [-0.2, -0.15) is 0 Å². The van der Waals surface area contributed by atoms with Crippen molar-refractivity contribution in [2.75, 3.05) is 37.5 Å². The lowest BCUT2D eigenvalue weighted by atomic mass is 10.1. The first-order chi connectivity index (χ1) is 14.3. The molecule has 0 saturated carbocycles. The van der Waals surface area contributed by atoms with E-state index in [0.717, 1.165) is 30.7 Å². The molecule has 1 heterocycles. The van der Waals surface area contributed by atoms with Crippen LogP contribution in [0.3, 0.4) is 0 Å². The van der Waals surface area contributed by atoms with Gasteiger partial charge in [0.15, 0.2) is 0 Å². The van der Waals surface area contributed by atoms with Crippen LogP contribution in [-0.2, 0) is 16.1 Å². The predicted molar refractivity (Wildman–Crippen MR) is 115 cm³/mol. The average Bonchev–Trinajstić information content (AvgIpc) is 3.20. The minimum absolute atomic E-state index is 0.0237. The van der Waals surface area contributed by atoms with E-state index in [-0.39, 0.29) is 23.5 Å². The standard InChI is InChI=1S/C23H28FN3O3/c1-16(28)27(15-21-8-5-11-30-21)14-18-13-20(9-10-22(18)26(2)3)25-23(29)17-6-4-7-19(24)12-17/h4,6-7,9-10,12-13,21H,5,8,11,14-15H2,1-3H3,(H,25,29). The van der Waals surface area contributed by atoms with Gasteiger partial charge < -0.3 is 19.9 Å². The molecule has 0 spiro atoms. The van der Waals surface area contributed by atoms with Gasteiger partial charge in [0.05, 0.1) is 6.10 Å². The molecule has 0 aromatic heterocycles. The Morgan fingerprint density at radius 2 is 2.00 bits per heavy atom. The molecule has 1 atom stereocenters. The Balaban J connectivity index is 1.81. The Bertz CT molecular complexity index is 910. The number of ether oxygens (including phenoxy) is 1. The molecule has 1 fully saturated rings. The lowest BCUT2D eigenvalue weighted by molar-refractivity contribution is -0.131. The van der Waals surface area contributed by atoms with E-state index in [2.05, 4.69) is 5.32 Å². The second-order valence-electron chi connectivity index (χ2n) is 7.74. The Morgan fingerprint density at radius 1 is 1.20 bits per heavy atom. The highest BCUT2D eigenvalue weighted by molar-refractivity contribution is 6.04. The fourth-order valence-corrected chi connectivity index (χ4v) is 3.60. The number of amides is 2. The molecule has 1 aliphatic rings. The average molecular weight is 413 g/mol. The second kappa shape index (κ2) is 9.71. The normalized spacial score (nSPS) is 15.7. The van der Waals surface area contributed by atoms with Crippen LogP contribution in [0.5, 0.6) is 0 Å². The van der Waals surface area contributed by atoms with E-state index in [0.29, 0.717) is 18.8 Å². The Labute approximate surface area is 176 Å². The number of rotatable bonds is 7. The summed E-state index contributed by atoms with van der Waals surface area (Å²) in [5.74, 6) is -0.872. The first-order valence-electron chi connectivity index (χ1n) is 10.1. The summed E-state index contributed by atoms with van der Waals surface area (Å²) in [5.41, 5.74) is 2.70. The molecule has 7 heteroatoms. The topological polar surface area (TPSA) is 61.9 Å². The minimum Gasteiger partial charge on any atom is -0.377 e. The monoisotopic (exact) mass is 413 g/mol. The van der Waals surface area contributed by atoms with Gasteiger partial charge in [0.2, 0.25) is 5.91 Å². The van der Waals surface area contributed by atoms with Crippen molar-refractivity contribution in [2.24, 2.45) is 0 Å². The Morgan fingerprint density at radius 3 is 2.63 bits per heavy atom. The van der Waals surface area contributed by atoms with E-state index in [1.54, 1.807) is 24.0 Å². The minimum atomic E-state index is -0.461. The number of nitrogens with zero attached hydrogens (tertiary/aromatic N) is 2. The molecule has 1 N–H and O–H groups in total. The third kappa shape index (κ3) is 5.57. The zero-order valence-corrected chi connectivity index (χ0v) is 17.7. The van der Waals surface area contributed by atoms with Gasteiger partial charge in [-0.25, -0.2) is 4.39 Å². The van der Waals surface area contributed by atoms with Crippen LogP contribution in [-0.4, -0.2) is 50.1 Å². The first-order valence-corrected chi connectivity index (χ1v) is 10.1. The Hall–Kier alpha value is -2.93. The highest BCUT2D eigenvalue weighted by atomic mass is 19.1. The van der Waals surface area contributed by atoms with Crippen molar-refractivity contribution in [3.8, 4) is 0 Å². The van der Waals surface area contributed by atoms with E-state index in [4.69, 9.17) is 4.74 Å². The van der Waals surface area contributed by atoms with Gasteiger partial charge in [-0.15, -0.1) is 0 Å². The van der Waals surface area contributed by atoms with Gasteiger partial charge in [-0.05, 0) is 54.8 Å². The number of benzene rings is 2. The molecule has 30 heavy (non-hydrogen) atoms. The molecule has 2 aromatic carbocycles. The summed E-state index contributed by atoms with van der Waals surface area (Å²) in [7, 11) is 3.87. The molecular formula is C23H28FN3O3. The van der Waals surface area contributed by atoms with Crippen molar-refractivity contribution in [2.45, 2.75) is 32.4 Å². The van der Waals surface area contributed by atoms with E-state index < -0.39 is 5.82 Å². The largest absolute Gasteiger partial charge is 0.377 e. The van der Waals surface area contributed by atoms with Gasteiger partial charge >= 0.3 is 0 Å². The molecule has 1 aliphatic heterocycles. The van der Waals surface area contributed by atoms with Crippen LogP contribution in [0, 0.1) is 5.82 Å². The molecule has 2 aromatic rings. The summed E-state index contributed by atoms with van der Waals surface area (Å²) in [6.45, 7) is 3.25. The summed E-state index contributed by atoms with van der Waals surface area (Å²) >= 11 is 0. The smallest absolute Gasteiger partial charge is 0.255 e. The third-order valence-electron chi connectivity index (χ3n) is 5.16. The SMILES string of the molecule is CC(=O)N(Cc1cc(NC(=O)c2cccc(F)c2)ccc1N(C)C)CC1CCCO1. The van der Waals surface area contributed by atoms with Crippen molar-refractivity contribution in [1.82, 2.24) is 4.90 Å². The van der Waals surface area contributed by atoms with E-state index in [1.807, 2.05) is 31.1 Å². The number of nitrogens with one attached hydrogen (secondary N) is 1. The zero-order chi connectivity index (χ0) is 21.7. The van der Waals surface area contributed by atoms with Crippen molar-refractivity contribution in [3.63, 3.8) is 0 Å². The highest BCUT2D eigenvalue weighted by Crippen LogP contribution is 2.26. The second-order valence-corrected chi connectivity index (χ2v) is 7.74. The quantitative estimate of drug-likeness (QED) is 0.752. The molecular weight excluding hydrogens is 385 g/mol. The molecule has 0 bridgehead atoms. The summed E-state index contributed by atoms with van der Waals surface area (Å²) in [5, 5.41) is 2.82. The molecule has 6 nitrogen and oxygen atoms in total. The van der Waals surface area contributed by atoms with Crippen LogP contribution >= 0.6 is 0 Å². The van der Waals surface area contributed by atoms with Crippen LogP contribution < -0.4 is 10.2 Å². The number of carbonyl (C=O) groups excluding carboxylic acids is 2. The summed E-state index contributed by atoms with van der Waals surface area (Å²) in [6.07, 6.45) is 2.03. The fourth-order valence-electron chi connectivity index (χ4n) is 3.60. The van der Waals surface area contributed by atoms with Crippen molar-refractivity contribution >= 4 is 23.2 Å². The van der Waals surface area contributed by atoms with Gasteiger partial charge in [-0.3, -0.25) is 9.59 Å². The number of hydrogen-bond donors (Lipinski definition) is 1. The van der Waals surface area contributed by atoms with Crippen LogP contribution in [0.15, 0.2) is 42.5 Å². The number of carbonyl (C=O) groups is 2. The highest BCUT2D eigenvalue weighted by Gasteiger charge is 2.22. The molecule has 0 aliphatic carbocycles. The van der Waals surface area contributed by atoms with Crippen LogP contribution in [0.25, 0.3) is 0 Å². The number of anilines is 2. The van der Waals surface area contributed by atoms with Crippen molar-refractivity contribution < 1.29 is 18.7 Å². The van der Waals surface area contributed by atoms with Gasteiger partial charge in [-0.1, -0.05) is 6.07 Å². The predicted octanol–water partition coefficient (Wildman–Crippen LogP) is 3.67. The van der Waals surface area contributed by atoms with Gasteiger partial charge in [0.25, 0.3) is 5.91 Å². The maximum Gasteiger partial charge on any atom is 0.255 e. The van der Waals surface area contributed by atoms with Crippen LogP contribution in [0.1, 0.15) is 35.7 Å². The molecule has 1 saturated heterocycles. The lowest BCUT2D eigenvalue weighted by Crippen LogP contribution is -2.35. The van der Waals surface area contributed by atoms with Gasteiger partial charge in [0.1, 0.15) is 5.82 Å². The maximum absolute atomic E-state index is 13.4. The third-order valence-corrected chi connectivity index (χ3v) is 5.16. The molecule has 3 rings (SSSR count). The Kier molecular flexibility index (Phi) is 7.05.